The number of nitrogens with zero attached hydrogens (tertiary/aromatic N) is 3. The molecule has 3 unspecified atom stereocenters. The molecule has 1 heterocycles. The first-order chi connectivity index (χ1) is 10.5. The highest BCUT2D eigenvalue weighted by molar-refractivity contribution is 7.86. The van der Waals surface area contributed by atoms with Crippen molar-refractivity contribution in [1.82, 2.24) is 8.61 Å². The van der Waals surface area contributed by atoms with Crippen molar-refractivity contribution < 1.29 is 13.2 Å². The molecule has 2 fully saturated rings. The predicted molar refractivity (Wildman–Crippen MR) is 84.3 cm³/mol. The molecular formula is C15H27N3O3S. The molecule has 0 aromatic carbocycles. The molecule has 2 aliphatic rings. The summed E-state index contributed by atoms with van der Waals surface area (Å²) < 4.78 is 34.4. The smallest absolute Gasteiger partial charge is 0.282 e. The van der Waals surface area contributed by atoms with Gasteiger partial charge in [0.2, 0.25) is 0 Å². The van der Waals surface area contributed by atoms with E-state index in [1.54, 1.807) is 11.4 Å². The highest BCUT2D eigenvalue weighted by Crippen LogP contribution is 2.41. The second-order valence-corrected chi connectivity index (χ2v) is 8.17. The Bertz CT molecular complexity index is 503. The van der Waals surface area contributed by atoms with Crippen molar-refractivity contribution in [3.63, 3.8) is 0 Å². The molecule has 0 N–H and O–H groups in total. The van der Waals surface area contributed by atoms with Crippen LogP contribution in [0.5, 0.6) is 0 Å². The third-order valence-corrected chi connectivity index (χ3v) is 7.07. The Morgan fingerprint density at radius 2 is 2.05 bits per heavy atom. The van der Waals surface area contributed by atoms with Crippen molar-refractivity contribution in [3.05, 3.63) is 0 Å². The average Bonchev–Trinajstić information content (AvgIpc) is 2.83. The molecule has 126 valence electrons. The van der Waals surface area contributed by atoms with Crippen LogP contribution in [0.2, 0.25) is 0 Å². The van der Waals surface area contributed by atoms with Gasteiger partial charge in [0.15, 0.2) is 0 Å². The molecule has 22 heavy (non-hydrogen) atoms. The lowest BCUT2D eigenvalue weighted by Gasteiger charge is -2.35. The maximum absolute atomic E-state index is 13.1. The molecule has 0 spiro atoms. The summed E-state index contributed by atoms with van der Waals surface area (Å²) in [5.74, 6) is 0.499. The fourth-order valence-electron chi connectivity index (χ4n) is 3.91. The number of hydrogen-bond donors (Lipinski definition) is 0. The summed E-state index contributed by atoms with van der Waals surface area (Å²) in [4.78, 5) is 0. The van der Waals surface area contributed by atoms with Crippen molar-refractivity contribution in [3.8, 4) is 6.07 Å². The number of ether oxygens (including phenoxy) is 1. The quantitative estimate of drug-likeness (QED) is 0.713. The Morgan fingerprint density at radius 3 is 2.73 bits per heavy atom. The van der Waals surface area contributed by atoms with E-state index in [0.29, 0.717) is 19.1 Å². The fourth-order valence-corrected chi connectivity index (χ4v) is 5.96. The van der Waals surface area contributed by atoms with Crippen LogP contribution >= 0.6 is 0 Å². The molecule has 1 saturated carbocycles. The zero-order valence-electron chi connectivity index (χ0n) is 13.6. The van der Waals surface area contributed by atoms with Crippen LogP contribution in [0.4, 0.5) is 0 Å². The Hall–Kier alpha value is -0.680. The Morgan fingerprint density at radius 1 is 1.32 bits per heavy atom. The van der Waals surface area contributed by atoms with Crippen molar-refractivity contribution in [2.45, 2.75) is 57.5 Å². The molecule has 0 aromatic rings. The molecule has 0 bridgehead atoms. The summed E-state index contributed by atoms with van der Waals surface area (Å²) >= 11 is 0. The largest absolute Gasteiger partial charge is 0.383 e. The van der Waals surface area contributed by atoms with Crippen LogP contribution in [0, 0.1) is 17.2 Å². The van der Waals surface area contributed by atoms with Gasteiger partial charge in [0, 0.05) is 38.7 Å². The van der Waals surface area contributed by atoms with Gasteiger partial charge in [-0.1, -0.05) is 12.8 Å². The number of methoxy groups -OCH3 is 1. The molecule has 1 aliphatic carbocycles. The van der Waals surface area contributed by atoms with Gasteiger partial charge in [-0.15, -0.1) is 0 Å². The first-order valence-electron chi connectivity index (χ1n) is 8.17. The van der Waals surface area contributed by atoms with Crippen LogP contribution in [-0.4, -0.2) is 55.9 Å². The third-order valence-electron chi connectivity index (χ3n) is 4.88. The average molecular weight is 329 g/mol. The highest BCUT2D eigenvalue weighted by Gasteiger charge is 2.47. The van der Waals surface area contributed by atoms with Crippen LogP contribution < -0.4 is 0 Å². The SMILES string of the molecule is COCCN(CCC#N)S(=O)(=O)N1C(C)CC2CCCCC21. The zero-order chi connectivity index (χ0) is 16.2. The Labute approximate surface area is 134 Å². The first-order valence-corrected chi connectivity index (χ1v) is 9.56. The lowest BCUT2D eigenvalue weighted by Crippen LogP contribution is -2.50. The van der Waals surface area contributed by atoms with Gasteiger partial charge in [0.05, 0.1) is 12.7 Å². The predicted octanol–water partition coefficient (Wildman–Crippen LogP) is 1.75. The molecule has 0 amide bonds. The molecule has 0 aromatic heterocycles. The van der Waals surface area contributed by atoms with Crippen molar-refractivity contribution in [1.29, 1.82) is 5.26 Å². The number of nitriles is 1. The minimum absolute atomic E-state index is 0.0465. The van der Waals surface area contributed by atoms with E-state index in [-0.39, 0.29) is 25.0 Å². The summed E-state index contributed by atoms with van der Waals surface area (Å²) in [6.07, 6.45) is 5.58. The maximum atomic E-state index is 13.1. The van der Waals surface area contributed by atoms with Gasteiger partial charge in [-0.2, -0.15) is 22.3 Å². The van der Waals surface area contributed by atoms with E-state index >= 15 is 0 Å². The lowest BCUT2D eigenvalue weighted by atomic mass is 9.85. The highest BCUT2D eigenvalue weighted by atomic mass is 32.2. The number of hydrogen-bond acceptors (Lipinski definition) is 4. The fraction of sp³-hybridized carbons (Fsp3) is 0.933. The topological polar surface area (TPSA) is 73.6 Å². The number of fused-ring (bicyclic) bond motifs is 1. The number of rotatable bonds is 7. The van der Waals surface area contributed by atoms with E-state index in [4.69, 9.17) is 10.00 Å². The summed E-state index contributed by atoms with van der Waals surface area (Å²) in [5, 5.41) is 8.79. The minimum atomic E-state index is -3.53. The summed E-state index contributed by atoms with van der Waals surface area (Å²) in [5.41, 5.74) is 0. The standard InChI is InChI=1S/C15H27N3O3S/c1-13-12-14-6-3-4-7-15(14)18(13)22(19,20)17(9-5-8-16)10-11-21-2/h13-15H,3-7,9-12H2,1-2H3. The normalized spacial score (nSPS) is 29.5. The van der Waals surface area contributed by atoms with Gasteiger partial charge in [-0.3, -0.25) is 0 Å². The molecule has 7 heteroatoms. The van der Waals surface area contributed by atoms with Gasteiger partial charge >= 0.3 is 0 Å². The van der Waals surface area contributed by atoms with Crippen molar-refractivity contribution in [2.24, 2.45) is 5.92 Å². The van der Waals surface area contributed by atoms with Gasteiger partial charge < -0.3 is 4.74 Å². The van der Waals surface area contributed by atoms with Crippen LogP contribution in [0.1, 0.15) is 45.4 Å². The third kappa shape index (κ3) is 3.62. The van der Waals surface area contributed by atoms with Crippen LogP contribution in [0.15, 0.2) is 0 Å². The molecule has 3 atom stereocenters. The van der Waals surface area contributed by atoms with E-state index in [1.807, 2.05) is 13.0 Å². The van der Waals surface area contributed by atoms with E-state index in [1.165, 1.54) is 10.7 Å². The second-order valence-electron chi connectivity index (χ2n) is 6.33. The molecule has 2 rings (SSSR count). The zero-order valence-corrected chi connectivity index (χ0v) is 14.4. The minimum Gasteiger partial charge on any atom is -0.383 e. The van der Waals surface area contributed by atoms with Gasteiger partial charge in [-0.05, 0) is 32.1 Å². The van der Waals surface area contributed by atoms with Crippen LogP contribution in [-0.2, 0) is 14.9 Å². The van der Waals surface area contributed by atoms with Crippen molar-refractivity contribution >= 4 is 10.2 Å². The van der Waals surface area contributed by atoms with E-state index < -0.39 is 10.2 Å². The monoisotopic (exact) mass is 329 g/mol. The Balaban J connectivity index is 2.19. The molecular weight excluding hydrogens is 302 g/mol. The Kier molecular flexibility index (Phi) is 6.21. The van der Waals surface area contributed by atoms with E-state index in [2.05, 4.69) is 0 Å². The van der Waals surface area contributed by atoms with Crippen LogP contribution in [0.25, 0.3) is 0 Å². The van der Waals surface area contributed by atoms with Crippen molar-refractivity contribution in [2.75, 3.05) is 26.8 Å². The molecule has 6 nitrogen and oxygen atoms in total. The molecule has 1 aliphatic heterocycles. The summed E-state index contributed by atoms with van der Waals surface area (Å²) in [6.45, 7) is 2.90. The van der Waals surface area contributed by atoms with E-state index in [9.17, 15) is 8.42 Å². The summed E-state index contributed by atoms with van der Waals surface area (Å²) in [6, 6.07) is 2.23. The summed E-state index contributed by atoms with van der Waals surface area (Å²) in [7, 11) is -1.97. The van der Waals surface area contributed by atoms with Gasteiger partial charge in [0.1, 0.15) is 0 Å². The van der Waals surface area contributed by atoms with Gasteiger partial charge in [0.25, 0.3) is 10.2 Å². The molecule has 1 saturated heterocycles. The van der Waals surface area contributed by atoms with E-state index in [0.717, 1.165) is 25.7 Å². The maximum Gasteiger partial charge on any atom is 0.282 e. The first kappa shape index (κ1) is 17.7. The molecule has 0 radical (unpaired) electrons. The lowest BCUT2D eigenvalue weighted by molar-refractivity contribution is 0.171. The second kappa shape index (κ2) is 7.73. The van der Waals surface area contributed by atoms with Crippen LogP contribution in [0.3, 0.4) is 0 Å². The van der Waals surface area contributed by atoms with Gasteiger partial charge in [-0.25, -0.2) is 0 Å².